The average molecular weight is 294 g/mol. The summed E-state index contributed by atoms with van der Waals surface area (Å²) in [5.74, 6) is 1.80. The van der Waals surface area contributed by atoms with Gasteiger partial charge in [0.1, 0.15) is 11.5 Å². The van der Waals surface area contributed by atoms with E-state index in [9.17, 15) is 0 Å². The third-order valence-electron chi connectivity index (χ3n) is 3.23. The highest BCUT2D eigenvalue weighted by Gasteiger charge is 2.23. The lowest BCUT2D eigenvalue weighted by Gasteiger charge is -2.22. The average Bonchev–Trinajstić information content (AvgIpc) is 2.93. The van der Waals surface area contributed by atoms with Crippen molar-refractivity contribution in [2.45, 2.75) is 26.3 Å². The molecule has 0 fully saturated rings. The molecule has 0 spiro atoms. The minimum Gasteiger partial charge on any atom is -0.454 e. The summed E-state index contributed by atoms with van der Waals surface area (Å²) in [5.41, 5.74) is 7.59. The van der Waals surface area contributed by atoms with Crippen LogP contribution < -0.4 is 15.2 Å². The summed E-state index contributed by atoms with van der Waals surface area (Å²) in [6, 6.07) is 3.64. The van der Waals surface area contributed by atoms with Gasteiger partial charge in [-0.25, -0.2) is 4.98 Å². The van der Waals surface area contributed by atoms with Gasteiger partial charge in [-0.1, -0.05) is 11.6 Å². The van der Waals surface area contributed by atoms with E-state index in [0.717, 1.165) is 5.56 Å². The number of nitrogens with zero attached hydrogens (tertiary/aromatic N) is 2. The molecule has 1 aliphatic heterocycles. The lowest BCUT2D eigenvalue weighted by Crippen LogP contribution is -2.22. The monoisotopic (exact) mass is 293 g/mol. The summed E-state index contributed by atoms with van der Waals surface area (Å²) >= 11 is 6.19. The van der Waals surface area contributed by atoms with Crippen LogP contribution >= 0.6 is 11.6 Å². The number of fused-ring (bicyclic) bond motifs is 1. The molecule has 5 nitrogen and oxygen atoms in total. The molecular formula is C14H16ClN3O2. The van der Waals surface area contributed by atoms with E-state index in [2.05, 4.69) is 25.8 Å². The predicted molar refractivity (Wildman–Crippen MR) is 78.2 cm³/mol. The molecule has 0 atom stereocenters. The van der Waals surface area contributed by atoms with Crippen molar-refractivity contribution in [2.75, 3.05) is 12.5 Å². The van der Waals surface area contributed by atoms with Gasteiger partial charge in [0.2, 0.25) is 6.79 Å². The Morgan fingerprint density at radius 3 is 2.70 bits per heavy atom. The maximum absolute atomic E-state index is 6.20. The molecule has 2 aromatic rings. The second-order valence-electron chi connectivity index (χ2n) is 5.71. The number of benzene rings is 1. The Bertz CT molecular complexity index is 674. The van der Waals surface area contributed by atoms with Crippen molar-refractivity contribution < 1.29 is 9.47 Å². The molecule has 0 saturated heterocycles. The van der Waals surface area contributed by atoms with Gasteiger partial charge >= 0.3 is 0 Å². The first kappa shape index (κ1) is 13.1. The van der Waals surface area contributed by atoms with Gasteiger partial charge in [-0.15, -0.1) is 0 Å². The largest absolute Gasteiger partial charge is 0.454 e. The SMILES string of the molecule is CC(C)(C)n1cnc(-c2cc(Cl)c3c(c2)OCO3)c1N. The fourth-order valence-corrected chi connectivity index (χ4v) is 2.48. The van der Waals surface area contributed by atoms with Gasteiger partial charge in [-0.2, -0.15) is 0 Å². The minimum absolute atomic E-state index is 0.129. The highest BCUT2D eigenvalue weighted by molar-refractivity contribution is 6.32. The van der Waals surface area contributed by atoms with E-state index in [0.29, 0.717) is 28.0 Å². The van der Waals surface area contributed by atoms with Crippen molar-refractivity contribution in [1.29, 1.82) is 0 Å². The molecule has 1 aromatic carbocycles. The van der Waals surface area contributed by atoms with Crippen LogP contribution in [0.15, 0.2) is 18.5 Å². The Morgan fingerprint density at radius 1 is 1.30 bits per heavy atom. The first-order chi connectivity index (χ1) is 9.38. The van der Waals surface area contributed by atoms with Crippen LogP contribution in [0.25, 0.3) is 11.3 Å². The summed E-state index contributed by atoms with van der Waals surface area (Å²) in [6.07, 6.45) is 1.74. The number of nitrogens with two attached hydrogens (primary N) is 1. The second-order valence-corrected chi connectivity index (χ2v) is 6.12. The molecule has 0 amide bonds. The smallest absolute Gasteiger partial charge is 0.231 e. The summed E-state index contributed by atoms with van der Waals surface area (Å²) in [6.45, 7) is 6.40. The fourth-order valence-electron chi connectivity index (χ4n) is 2.22. The number of rotatable bonds is 1. The molecule has 2 heterocycles. The number of ether oxygens (including phenoxy) is 2. The second kappa shape index (κ2) is 4.31. The number of anilines is 1. The van der Waals surface area contributed by atoms with Gasteiger partial charge in [-0.3, -0.25) is 0 Å². The quantitative estimate of drug-likeness (QED) is 0.876. The van der Waals surface area contributed by atoms with E-state index in [1.165, 1.54) is 0 Å². The highest BCUT2D eigenvalue weighted by atomic mass is 35.5. The van der Waals surface area contributed by atoms with Crippen LogP contribution in [0.3, 0.4) is 0 Å². The predicted octanol–water partition coefficient (Wildman–Crippen LogP) is 3.27. The fraction of sp³-hybridized carbons (Fsp3) is 0.357. The zero-order valence-corrected chi connectivity index (χ0v) is 12.4. The van der Waals surface area contributed by atoms with E-state index >= 15 is 0 Å². The van der Waals surface area contributed by atoms with E-state index in [1.807, 2.05) is 10.6 Å². The molecule has 0 saturated carbocycles. The Hall–Kier alpha value is -1.88. The van der Waals surface area contributed by atoms with Crippen LogP contribution in [0.1, 0.15) is 20.8 Å². The molecule has 3 rings (SSSR count). The maximum Gasteiger partial charge on any atom is 0.231 e. The molecule has 2 N–H and O–H groups in total. The highest BCUT2D eigenvalue weighted by Crippen LogP contribution is 2.43. The molecule has 106 valence electrons. The van der Waals surface area contributed by atoms with Crippen LogP contribution in [-0.4, -0.2) is 16.3 Å². The van der Waals surface area contributed by atoms with Crippen LogP contribution in [-0.2, 0) is 5.54 Å². The van der Waals surface area contributed by atoms with Crippen molar-refractivity contribution in [3.05, 3.63) is 23.5 Å². The van der Waals surface area contributed by atoms with E-state index in [4.69, 9.17) is 26.8 Å². The van der Waals surface area contributed by atoms with Crippen molar-refractivity contribution in [1.82, 2.24) is 9.55 Å². The zero-order chi connectivity index (χ0) is 14.5. The number of halogens is 1. The van der Waals surface area contributed by atoms with Crippen molar-refractivity contribution in [3.63, 3.8) is 0 Å². The number of hydrogen-bond acceptors (Lipinski definition) is 4. The van der Waals surface area contributed by atoms with Gasteiger partial charge in [0, 0.05) is 11.1 Å². The molecule has 6 heteroatoms. The molecule has 1 aliphatic rings. The summed E-state index contributed by atoms with van der Waals surface area (Å²) in [7, 11) is 0. The minimum atomic E-state index is -0.129. The molecule has 1 aromatic heterocycles. The van der Waals surface area contributed by atoms with E-state index in [-0.39, 0.29) is 12.3 Å². The third-order valence-corrected chi connectivity index (χ3v) is 3.51. The topological polar surface area (TPSA) is 62.3 Å². The normalized spacial score (nSPS) is 13.8. The summed E-state index contributed by atoms with van der Waals surface area (Å²) in [4.78, 5) is 4.40. The van der Waals surface area contributed by atoms with Gasteiger partial charge < -0.3 is 19.8 Å². The van der Waals surface area contributed by atoms with Gasteiger partial charge in [0.05, 0.1) is 11.3 Å². The van der Waals surface area contributed by atoms with Gasteiger partial charge in [0.25, 0.3) is 0 Å². The molecule has 0 radical (unpaired) electrons. The Kier molecular flexibility index (Phi) is 2.83. The van der Waals surface area contributed by atoms with E-state index in [1.54, 1.807) is 12.4 Å². The standard InChI is InChI=1S/C14H16ClN3O2/c1-14(2,3)18-6-17-11(13(18)16)8-4-9(15)12-10(5-8)19-7-20-12/h4-6H,7,16H2,1-3H3. The number of aromatic nitrogens is 2. The van der Waals surface area contributed by atoms with Gasteiger partial charge in [0.15, 0.2) is 11.5 Å². The van der Waals surface area contributed by atoms with Crippen LogP contribution in [0.4, 0.5) is 5.82 Å². The van der Waals surface area contributed by atoms with E-state index < -0.39 is 0 Å². The zero-order valence-electron chi connectivity index (χ0n) is 11.6. The lowest BCUT2D eigenvalue weighted by molar-refractivity contribution is 0.174. The first-order valence-corrected chi connectivity index (χ1v) is 6.68. The third kappa shape index (κ3) is 1.98. The first-order valence-electron chi connectivity index (χ1n) is 6.31. The van der Waals surface area contributed by atoms with Crippen molar-refractivity contribution in [2.24, 2.45) is 0 Å². The number of hydrogen-bond donors (Lipinski definition) is 1. The summed E-state index contributed by atoms with van der Waals surface area (Å²) < 4.78 is 12.6. The van der Waals surface area contributed by atoms with Crippen molar-refractivity contribution >= 4 is 17.4 Å². The lowest BCUT2D eigenvalue weighted by atomic mass is 10.1. The molecule has 20 heavy (non-hydrogen) atoms. The van der Waals surface area contributed by atoms with Crippen LogP contribution in [0.2, 0.25) is 5.02 Å². The van der Waals surface area contributed by atoms with Crippen LogP contribution in [0.5, 0.6) is 11.5 Å². The number of nitrogen functional groups attached to an aromatic ring is 1. The van der Waals surface area contributed by atoms with Crippen LogP contribution in [0, 0.1) is 0 Å². The molecule has 0 unspecified atom stereocenters. The number of imidazole rings is 1. The molecule has 0 bridgehead atoms. The molecular weight excluding hydrogens is 278 g/mol. The Labute approximate surface area is 122 Å². The van der Waals surface area contributed by atoms with Crippen molar-refractivity contribution in [3.8, 4) is 22.8 Å². The van der Waals surface area contributed by atoms with Gasteiger partial charge in [-0.05, 0) is 32.9 Å². The summed E-state index contributed by atoms with van der Waals surface area (Å²) in [5, 5.41) is 0.500. The Balaban J connectivity index is 2.11. The Morgan fingerprint density at radius 2 is 2.05 bits per heavy atom. The molecule has 0 aliphatic carbocycles. The maximum atomic E-state index is 6.20.